The van der Waals surface area contributed by atoms with Gasteiger partial charge in [-0.15, -0.1) is 0 Å². The monoisotopic (exact) mass is 706 g/mol. The molecule has 0 aliphatic rings. The van der Waals surface area contributed by atoms with Crippen LogP contribution in [0.5, 0.6) is 0 Å². The fourth-order valence-electron chi connectivity index (χ4n) is 4.01. The minimum Gasteiger partial charge on any atom is -0.302 e. The van der Waals surface area contributed by atoms with E-state index in [0.717, 1.165) is 55.5 Å². The van der Waals surface area contributed by atoms with Crippen LogP contribution in [0.2, 0.25) is 0 Å². The summed E-state index contributed by atoms with van der Waals surface area (Å²) in [6.45, 7) is 0.293. The SMILES string of the molecule is C[C@H](OS(=O)(=O)c1ccc([N+](=O)[O-])cc1)[C@@H](OS(=O)(=O)c1ccc([N+](=O)[O-])cc1)P(=O)(OCc1ccccc1)OCc1ccccc1. The van der Waals surface area contributed by atoms with E-state index in [1.165, 1.54) is 0 Å². The summed E-state index contributed by atoms with van der Waals surface area (Å²) in [5, 5.41) is 22.1. The number of rotatable bonds is 16. The van der Waals surface area contributed by atoms with Crippen LogP contribution in [0.25, 0.3) is 0 Å². The lowest BCUT2D eigenvalue weighted by molar-refractivity contribution is -0.385. The first-order chi connectivity index (χ1) is 22.2. The van der Waals surface area contributed by atoms with Gasteiger partial charge in [0.1, 0.15) is 6.10 Å². The Balaban J connectivity index is 1.75. The molecule has 4 rings (SSSR count). The molecular weight excluding hydrogens is 679 g/mol. The number of nitrogens with zero attached hydrogens (tertiary/aromatic N) is 2. The molecule has 15 nitrogen and oxygen atoms in total. The van der Waals surface area contributed by atoms with E-state index in [0.29, 0.717) is 11.1 Å². The first-order valence-electron chi connectivity index (χ1n) is 13.5. The third-order valence-electron chi connectivity index (χ3n) is 6.40. The molecule has 0 aliphatic heterocycles. The van der Waals surface area contributed by atoms with Crippen molar-refractivity contribution in [2.24, 2.45) is 0 Å². The number of hydrogen-bond donors (Lipinski definition) is 0. The van der Waals surface area contributed by atoms with E-state index in [1.54, 1.807) is 60.7 Å². The number of non-ortho nitro benzene ring substituents is 2. The van der Waals surface area contributed by atoms with Crippen LogP contribution in [0.1, 0.15) is 18.1 Å². The molecule has 0 saturated heterocycles. The number of nitro benzene ring substituents is 2. The summed E-state index contributed by atoms with van der Waals surface area (Å²) in [7, 11) is -14.6. The van der Waals surface area contributed by atoms with Gasteiger partial charge in [-0.25, -0.2) is 4.18 Å². The summed E-state index contributed by atoms with van der Waals surface area (Å²) in [5.41, 5.74) is 0.176. The molecule has 0 spiro atoms. The number of benzene rings is 4. The van der Waals surface area contributed by atoms with Crippen molar-refractivity contribution in [2.75, 3.05) is 0 Å². The van der Waals surface area contributed by atoms with Crippen molar-refractivity contribution in [1.82, 2.24) is 0 Å². The molecular formula is C29H27N2O13PS2. The minimum absolute atomic E-state index is 0.383. The van der Waals surface area contributed by atoms with Crippen molar-refractivity contribution in [3.8, 4) is 0 Å². The van der Waals surface area contributed by atoms with Crippen LogP contribution in [-0.2, 0) is 55.4 Å². The van der Waals surface area contributed by atoms with Gasteiger partial charge in [0.15, 0.2) is 0 Å². The number of nitro groups is 2. The predicted molar refractivity (Wildman–Crippen MR) is 166 cm³/mol. The first kappa shape index (κ1) is 35.5. The highest BCUT2D eigenvalue weighted by Crippen LogP contribution is 2.57. The van der Waals surface area contributed by atoms with Gasteiger partial charge in [0.05, 0.1) is 32.9 Å². The molecule has 0 N–H and O–H groups in total. The van der Waals surface area contributed by atoms with Crippen LogP contribution in [0.3, 0.4) is 0 Å². The zero-order valence-corrected chi connectivity index (χ0v) is 27.0. The second-order valence-corrected chi connectivity index (χ2v) is 15.0. The maximum absolute atomic E-state index is 14.6. The third kappa shape index (κ3) is 9.36. The van der Waals surface area contributed by atoms with Crippen LogP contribution in [0, 0.1) is 20.2 Å². The molecule has 4 aromatic carbocycles. The van der Waals surface area contributed by atoms with Crippen molar-refractivity contribution >= 4 is 39.2 Å². The lowest BCUT2D eigenvalue weighted by Crippen LogP contribution is -2.34. The van der Waals surface area contributed by atoms with E-state index in [1.807, 2.05) is 0 Å². The Morgan fingerprint density at radius 2 is 0.979 bits per heavy atom. The van der Waals surface area contributed by atoms with Gasteiger partial charge in [-0.1, -0.05) is 60.7 Å². The topological polar surface area (TPSA) is 209 Å². The normalized spacial score (nSPS) is 13.5. The molecule has 0 heterocycles. The van der Waals surface area contributed by atoms with E-state index in [9.17, 15) is 41.6 Å². The smallest absolute Gasteiger partial charge is 0.302 e. The first-order valence-corrected chi connectivity index (χ1v) is 18.0. The van der Waals surface area contributed by atoms with Gasteiger partial charge in [0, 0.05) is 24.3 Å². The molecule has 0 radical (unpaired) electrons. The molecule has 0 bridgehead atoms. The lowest BCUT2D eigenvalue weighted by Gasteiger charge is -2.30. The fraction of sp³-hybridized carbons (Fsp3) is 0.172. The molecule has 0 amide bonds. The Morgan fingerprint density at radius 1 is 0.617 bits per heavy atom. The predicted octanol–water partition coefficient (Wildman–Crippen LogP) is 5.96. The summed E-state index contributed by atoms with van der Waals surface area (Å²) < 4.78 is 90.1. The molecule has 0 unspecified atom stereocenters. The second kappa shape index (κ2) is 15.0. The zero-order chi connectivity index (χ0) is 34.2. The molecule has 18 heteroatoms. The highest BCUT2D eigenvalue weighted by molar-refractivity contribution is 7.87. The summed E-state index contributed by atoms with van der Waals surface area (Å²) in [6, 6.07) is 23.9. The van der Waals surface area contributed by atoms with Crippen molar-refractivity contribution in [2.45, 2.75) is 41.9 Å². The van der Waals surface area contributed by atoms with Gasteiger partial charge in [0.2, 0.25) is 5.85 Å². The highest BCUT2D eigenvalue weighted by Gasteiger charge is 2.47. The fourth-order valence-corrected chi connectivity index (χ4v) is 8.53. The summed E-state index contributed by atoms with van der Waals surface area (Å²) in [4.78, 5) is 19.5. The van der Waals surface area contributed by atoms with Crippen molar-refractivity contribution in [1.29, 1.82) is 0 Å². The average Bonchev–Trinajstić information content (AvgIpc) is 3.06. The quantitative estimate of drug-likeness (QED) is 0.0571. The Hall–Kier alpha value is -4.35. The third-order valence-corrected chi connectivity index (χ3v) is 11.4. The Bertz CT molecular complexity index is 1910. The Kier molecular flexibility index (Phi) is 11.4. The molecule has 47 heavy (non-hydrogen) atoms. The summed E-state index contributed by atoms with van der Waals surface area (Å²) >= 11 is 0. The van der Waals surface area contributed by atoms with Gasteiger partial charge in [-0.3, -0.25) is 29.0 Å². The second-order valence-electron chi connectivity index (χ2n) is 9.76. The summed E-state index contributed by atoms with van der Waals surface area (Å²) in [6.07, 6.45) is -1.89. The van der Waals surface area contributed by atoms with Gasteiger partial charge in [-0.05, 0) is 42.3 Å². The standard InChI is InChI=1S/C29H27N2O13PS2/c1-22(43-46(37,38)27-16-12-25(13-17-27)30(32)33)29(44-47(39,40)28-18-14-26(15-19-28)31(34)35)45(36,41-20-23-8-4-2-5-9-23)42-21-24-10-6-3-7-11-24/h2-19,22,29H,20-21H2,1H3/t22-,29-/m0/s1. The Labute approximate surface area is 269 Å². The van der Waals surface area contributed by atoms with Crippen LogP contribution in [0.15, 0.2) is 119 Å². The van der Waals surface area contributed by atoms with Crippen LogP contribution in [-0.4, -0.2) is 38.6 Å². The molecule has 0 aromatic heterocycles. The van der Waals surface area contributed by atoms with E-state index >= 15 is 0 Å². The lowest BCUT2D eigenvalue weighted by atomic mass is 10.2. The van der Waals surface area contributed by atoms with Gasteiger partial charge >= 0.3 is 7.60 Å². The minimum atomic E-state index is -4.94. The van der Waals surface area contributed by atoms with Gasteiger partial charge in [0.25, 0.3) is 31.6 Å². The van der Waals surface area contributed by atoms with E-state index in [2.05, 4.69) is 0 Å². The van der Waals surface area contributed by atoms with Gasteiger partial charge in [-0.2, -0.15) is 16.8 Å². The highest BCUT2D eigenvalue weighted by atomic mass is 32.2. The molecule has 2 atom stereocenters. The van der Waals surface area contributed by atoms with Gasteiger partial charge < -0.3 is 9.05 Å². The molecule has 0 fully saturated rings. The maximum atomic E-state index is 14.6. The van der Waals surface area contributed by atoms with Crippen molar-refractivity contribution in [3.63, 3.8) is 0 Å². The van der Waals surface area contributed by atoms with E-state index in [4.69, 9.17) is 17.4 Å². The van der Waals surface area contributed by atoms with E-state index in [-0.39, 0.29) is 13.2 Å². The molecule has 0 saturated carbocycles. The molecule has 4 aromatic rings. The number of hydrogen-bond acceptors (Lipinski definition) is 13. The van der Waals surface area contributed by atoms with Crippen LogP contribution < -0.4 is 0 Å². The summed E-state index contributed by atoms with van der Waals surface area (Å²) in [5.74, 6) is -2.26. The Morgan fingerprint density at radius 3 is 1.34 bits per heavy atom. The van der Waals surface area contributed by atoms with Crippen LogP contribution >= 0.6 is 7.60 Å². The average molecular weight is 707 g/mol. The van der Waals surface area contributed by atoms with Crippen molar-refractivity contribution < 1.29 is 48.7 Å². The van der Waals surface area contributed by atoms with Crippen molar-refractivity contribution in [3.05, 3.63) is 141 Å². The van der Waals surface area contributed by atoms with Crippen LogP contribution in [0.4, 0.5) is 11.4 Å². The van der Waals surface area contributed by atoms with E-state index < -0.39 is 70.8 Å². The molecule has 0 aliphatic carbocycles. The maximum Gasteiger partial charge on any atom is 0.364 e. The largest absolute Gasteiger partial charge is 0.364 e. The molecule has 248 valence electrons. The zero-order valence-electron chi connectivity index (χ0n) is 24.4.